The van der Waals surface area contributed by atoms with E-state index in [2.05, 4.69) is 4.98 Å². The highest BCUT2D eigenvalue weighted by Gasteiger charge is 2.29. The Balaban J connectivity index is 1.94. The number of rotatable bonds is 3. The molecule has 1 atom stereocenters. The summed E-state index contributed by atoms with van der Waals surface area (Å²) in [6, 6.07) is 3.60. The number of nitrogens with zero attached hydrogens (tertiary/aromatic N) is 3. The summed E-state index contributed by atoms with van der Waals surface area (Å²) in [5.41, 5.74) is 1.00. The predicted octanol–water partition coefficient (Wildman–Crippen LogP) is 1.43. The minimum absolute atomic E-state index is 0.118. The Labute approximate surface area is 118 Å². The van der Waals surface area contributed by atoms with Gasteiger partial charge < -0.3 is 14.9 Å². The first kappa shape index (κ1) is 14.3. The van der Waals surface area contributed by atoms with E-state index in [-0.39, 0.29) is 6.03 Å². The van der Waals surface area contributed by atoms with Crippen LogP contribution in [0.1, 0.15) is 18.4 Å². The van der Waals surface area contributed by atoms with E-state index in [1.54, 1.807) is 29.2 Å². The molecule has 0 spiro atoms. The summed E-state index contributed by atoms with van der Waals surface area (Å²) >= 11 is 0. The average molecular weight is 277 g/mol. The molecule has 1 aromatic heterocycles. The molecular weight excluding hydrogens is 258 g/mol. The Morgan fingerprint density at radius 3 is 2.80 bits per heavy atom. The lowest BCUT2D eigenvalue weighted by atomic mass is 9.99. The van der Waals surface area contributed by atoms with Crippen molar-refractivity contribution >= 4 is 12.0 Å². The van der Waals surface area contributed by atoms with Crippen LogP contribution in [0.4, 0.5) is 4.79 Å². The van der Waals surface area contributed by atoms with E-state index in [4.69, 9.17) is 5.11 Å². The fourth-order valence-electron chi connectivity index (χ4n) is 2.42. The number of carboxylic acids is 1. The molecule has 0 aliphatic carbocycles. The number of piperidine rings is 1. The van der Waals surface area contributed by atoms with Crippen LogP contribution in [0.15, 0.2) is 24.5 Å². The van der Waals surface area contributed by atoms with Gasteiger partial charge in [0.05, 0.1) is 5.92 Å². The van der Waals surface area contributed by atoms with Crippen molar-refractivity contribution in [1.29, 1.82) is 0 Å². The number of likely N-dealkylation sites (tertiary alicyclic amines) is 1. The number of urea groups is 1. The Kier molecular flexibility index (Phi) is 4.55. The lowest BCUT2D eigenvalue weighted by Crippen LogP contribution is -2.47. The Bertz CT molecular complexity index is 478. The molecule has 20 heavy (non-hydrogen) atoms. The molecule has 6 nitrogen and oxygen atoms in total. The van der Waals surface area contributed by atoms with Crippen LogP contribution < -0.4 is 0 Å². The number of hydrogen-bond acceptors (Lipinski definition) is 3. The second kappa shape index (κ2) is 6.36. The molecular formula is C14H19N3O3. The van der Waals surface area contributed by atoms with Crippen LogP contribution in [-0.2, 0) is 11.3 Å². The van der Waals surface area contributed by atoms with Crippen molar-refractivity contribution in [3.05, 3.63) is 30.1 Å². The first-order valence-electron chi connectivity index (χ1n) is 6.69. The summed E-state index contributed by atoms with van der Waals surface area (Å²) in [4.78, 5) is 30.5. The first-order chi connectivity index (χ1) is 9.58. The molecule has 0 unspecified atom stereocenters. The van der Waals surface area contributed by atoms with Gasteiger partial charge in [-0.1, -0.05) is 0 Å². The second-order valence-electron chi connectivity index (χ2n) is 5.12. The molecule has 1 aliphatic rings. The first-order valence-corrected chi connectivity index (χ1v) is 6.69. The molecule has 1 saturated heterocycles. The third-order valence-electron chi connectivity index (χ3n) is 3.54. The van der Waals surface area contributed by atoms with Gasteiger partial charge in [0.15, 0.2) is 0 Å². The molecule has 1 fully saturated rings. The van der Waals surface area contributed by atoms with Crippen LogP contribution in [-0.4, -0.2) is 52.0 Å². The van der Waals surface area contributed by atoms with E-state index < -0.39 is 11.9 Å². The highest BCUT2D eigenvalue weighted by Crippen LogP contribution is 2.18. The molecule has 1 aliphatic heterocycles. The van der Waals surface area contributed by atoms with E-state index in [1.807, 2.05) is 12.1 Å². The number of carbonyl (C=O) groups excluding carboxylic acids is 1. The van der Waals surface area contributed by atoms with Crippen molar-refractivity contribution < 1.29 is 14.7 Å². The van der Waals surface area contributed by atoms with Gasteiger partial charge in [0.2, 0.25) is 0 Å². The number of pyridine rings is 1. The Morgan fingerprint density at radius 2 is 2.15 bits per heavy atom. The van der Waals surface area contributed by atoms with E-state index in [0.717, 1.165) is 12.0 Å². The van der Waals surface area contributed by atoms with E-state index in [1.165, 1.54) is 0 Å². The van der Waals surface area contributed by atoms with Gasteiger partial charge in [0.1, 0.15) is 0 Å². The fourth-order valence-corrected chi connectivity index (χ4v) is 2.42. The molecule has 0 aromatic carbocycles. The smallest absolute Gasteiger partial charge is 0.320 e. The van der Waals surface area contributed by atoms with Gasteiger partial charge in [0.25, 0.3) is 0 Å². The lowest BCUT2D eigenvalue weighted by molar-refractivity contribution is -0.143. The molecule has 0 saturated carbocycles. The molecule has 1 N–H and O–H groups in total. The van der Waals surface area contributed by atoms with Crippen LogP contribution in [0, 0.1) is 5.92 Å². The van der Waals surface area contributed by atoms with E-state index >= 15 is 0 Å². The highest BCUT2D eigenvalue weighted by atomic mass is 16.4. The minimum atomic E-state index is -0.820. The molecule has 0 bridgehead atoms. The van der Waals surface area contributed by atoms with Crippen LogP contribution >= 0.6 is 0 Å². The third-order valence-corrected chi connectivity index (χ3v) is 3.54. The summed E-state index contributed by atoms with van der Waals surface area (Å²) in [7, 11) is 1.73. The number of carboxylic acid groups (broad SMARTS) is 1. The number of carbonyl (C=O) groups is 2. The topological polar surface area (TPSA) is 73.7 Å². The van der Waals surface area contributed by atoms with Crippen molar-refractivity contribution in [3.8, 4) is 0 Å². The number of aliphatic carboxylic acids is 1. The molecule has 6 heteroatoms. The standard InChI is InChI=1S/C14H19N3O3/c1-16(9-11-4-6-15-7-5-11)14(20)17-8-2-3-12(10-17)13(18)19/h4-7,12H,2-3,8-10H2,1H3,(H,18,19)/t12-/m0/s1. The van der Waals surface area contributed by atoms with Crippen LogP contribution in [0.5, 0.6) is 0 Å². The quantitative estimate of drug-likeness (QED) is 0.907. The Morgan fingerprint density at radius 1 is 1.45 bits per heavy atom. The van der Waals surface area contributed by atoms with Gasteiger partial charge in [-0.25, -0.2) is 4.79 Å². The van der Waals surface area contributed by atoms with Crippen LogP contribution in [0.3, 0.4) is 0 Å². The van der Waals surface area contributed by atoms with Crippen molar-refractivity contribution in [2.75, 3.05) is 20.1 Å². The zero-order valence-electron chi connectivity index (χ0n) is 11.5. The highest BCUT2D eigenvalue weighted by molar-refractivity contribution is 5.76. The summed E-state index contributed by atoms with van der Waals surface area (Å²) in [5.74, 6) is -1.26. The molecule has 2 amide bonds. The van der Waals surface area contributed by atoms with E-state index in [0.29, 0.717) is 26.1 Å². The Hall–Kier alpha value is -2.11. The molecule has 108 valence electrons. The maximum atomic E-state index is 12.3. The normalized spacial score (nSPS) is 18.6. The average Bonchev–Trinajstić information content (AvgIpc) is 2.47. The SMILES string of the molecule is CN(Cc1ccncc1)C(=O)N1CCC[C@H](C(=O)O)C1. The lowest BCUT2D eigenvalue weighted by Gasteiger charge is -2.33. The largest absolute Gasteiger partial charge is 0.481 e. The van der Waals surface area contributed by atoms with Gasteiger partial charge in [-0.05, 0) is 30.5 Å². The second-order valence-corrected chi connectivity index (χ2v) is 5.12. The minimum Gasteiger partial charge on any atom is -0.481 e. The molecule has 2 rings (SSSR count). The van der Waals surface area contributed by atoms with Crippen molar-refractivity contribution in [1.82, 2.24) is 14.8 Å². The summed E-state index contributed by atoms with van der Waals surface area (Å²) < 4.78 is 0. The molecule has 2 heterocycles. The maximum Gasteiger partial charge on any atom is 0.320 e. The fraction of sp³-hybridized carbons (Fsp3) is 0.500. The number of amides is 2. The maximum absolute atomic E-state index is 12.3. The zero-order chi connectivity index (χ0) is 14.5. The molecule has 0 radical (unpaired) electrons. The van der Waals surface area contributed by atoms with Gasteiger partial charge in [-0.3, -0.25) is 9.78 Å². The zero-order valence-corrected chi connectivity index (χ0v) is 11.5. The van der Waals surface area contributed by atoms with Gasteiger partial charge in [-0.2, -0.15) is 0 Å². The van der Waals surface area contributed by atoms with E-state index in [9.17, 15) is 9.59 Å². The monoisotopic (exact) mass is 277 g/mol. The van der Waals surface area contributed by atoms with Crippen LogP contribution in [0.2, 0.25) is 0 Å². The summed E-state index contributed by atoms with van der Waals surface area (Å²) in [6.45, 7) is 1.42. The number of aromatic nitrogens is 1. The van der Waals surface area contributed by atoms with Gasteiger partial charge >= 0.3 is 12.0 Å². The van der Waals surface area contributed by atoms with Crippen molar-refractivity contribution in [2.24, 2.45) is 5.92 Å². The third kappa shape index (κ3) is 3.46. The number of hydrogen-bond donors (Lipinski definition) is 1. The predicted molar refractivity (Wildman–Crippen MR) is 73.0 cm³/mol. The van der Waals surface area contributed by atoms with Crippen molar-refractivity contribution in [3.63, 3.8) is 0 Å². The summed E-state index contributed by atoms with van der Waals surface area (Å²) in [5, 5.41) is 9.05. The summed E-state index contributed by atoms with van der Waals surface area (Å²) in [6.07, 6.45) is 4.77. The molecule has 1 aromatic rings. The van der Waals surface area contributed by atoms with Crippen LogP contribution in [0.25, 0.3) is 0 Å². The van der Waals surface area contributed by atoms with Gasteiger partial charge in [0, 0.05) is 39.1 Å². The van der Waals surface area contributed by atoms with Gasteiger partial charge in [-0.15, -0.1) is 0 Å². The van der Waals surface area contributed by atoms with Crippen molar-refractivity contribution in [2.45, 2.75) is 19.4 Å².